The molecule has 2 rings (SSSR count). The maximum absolute atomic E-state index is 9.17. The molecule has 1 fully saturated rings. The lowest BCUT2D eigenvalue weighted by molar-refractivity contribution is -0.219. The van der Waals surface area contributed by atoms with Crippen LogP contribution in [-0.2, 0) is 20.8 Å². The molecule has 0 saturated carbocycles. The number of rotatable bonds is 5. The van der Waals surface area contributed by atoms with Crippen LogP contribution in [0.1, 0.15) is 18.4 Å². The Labute approximate surface area is 107 Å². The molecule has 0 radical (unpaired) electrons. The van der Waals surface area contributed by atoms with Crippen LogP contribution in [-0.4, -0.2) is 37.3 Å². The molecule has 1 aliphatic heterocycles. The van der Waals surface area contributed by atoms with Gasteiger partial charge in [0.1, 0.15) is 0 Å². The Morgan fingerprint density at radius 2 is 2.06 bits per heavy atom. The molecule has 1 unspecified atom stereocenters. The van der Waals surface area contributed by atoms with Crippen LogP contribution in [0.2, 0.25) is 0 Å². The molecular weight excluding hydrogens is 232 g/mol. The third kappa shape index (κ3) is 3.78. The highest BCUT2D eigenvalue weighted by molar-refractivity contribution is 5.13. The van der Waals surface area contributed by atoms with Crippen LogP contribution in [0.25, 0.3) is 0 Å². The highest BCUT2D eigenvalue weighted by Gasteiger charge is 2.29. The summed E-state index contributed by atoms with van der Waals surface area (Å²) in [6.07, 6.45) is 1.02. The first-order chi connectivity index (χ1) is 8.81. The summed E-state index contributed by atoms with van der Waals surface area (Å²) < 4.78 is 16.6. The summed E-state index contributed by atoms with van der Waals surface area (Å²) in [5.41, 5.74) is 1.15. The molecule has 1 heterocycles. The Kier molecular flexibility index (Phi) is 5.13. The van der Waals surface area contributed by atoms with E-state index in [1.165, 1.54) is 0 Å². The maximum Gasteiger partial charge on any atom is 0.160 e. The molecule has 0 aromatic heterocycles. The molecule has 4 nitrogen and oxygen atoms in total. The van der Waals surface area contributed by atoms with Gasteiger partial charge in [-0.2, -0.15) is 0 Å². The first-order valence-corrected chi connectivity index (χ1v) is 6.26. The van der Waals surface area contributed by atoms with Crippen molar-refractivity contribution in [2.24, 2.45) is 0 Å². The van der Waals surface area contributed by atoms with E-state index in [0.29, 0.717) is 19.4 Å². The predicted octanol–water partition coefficient (Wildman–Crippen LogP) is 1.72. The Bertz CT molecular complexity index is 329. The zero-order valence-electron chi connectivity index (χ0n) is 10.6. The van der Waals surface area contributed by atoms with Gasteiger partial charge in [0.2, 0.25) is 0 Å². The molecule has 4 heteroatoms. The summed E-state index contributed by atoms with van der Waals surface area (Å²) in [5, 5.41) is 9.17. The zero-order chi connectivity index (χ0) is 12.8. The standard InChI is InChI=1S/C14H20O4/c1-16-14-8-12(7-13(9-15)18-14)17-10-11-5-3-2-4-6-11/h2-6,12-15H,7-10H2,1H3/t12-,13-,14?/m0/s1. The lowest BCUT2D eigenvalue weighted by atomic mass is 10.1. The van der Waals surface area contributed by atoms with Gasteiger partial charge in [-0.25, -0.2) is 0 Å². The smallest absolute Gasteiger partial charge is 0.160 e. The van der Waals surface area contributed by atoms with Crippen LogP contribution in [0.5, 0.6) is 0 Å². The fourth-order valence-electron chi connectivity index (χ4n) is 2.12. The van der Waals surface area contributed by atoms with Gasteiger partial charge in [0.05, 0.1) is 25.4 Å². The van der Waals surface area contributed by atoms with Crippen molar-refractivity contribution in [2.45, 2.75) is 37.9 Å². The van der Waals surface area contributed by atoms with E-state index in [9.17, 15) is 5.11 Å². The third-order valence-electron chi connectivity index (χ3n) is 3.12. The second-order valence-electron chi connectivity index (χ2n) is 4.50. The number of hydrogen-bond acceptors (Lipinski definition) is 4. The van der Waals surface area contributed by atoms with E-state index in [1.807, 2.05) is 30.3 Å². The predicted molar refractivity (Wildman–Crippen MR) is 67.0 cm³/mol. The molecule has 0 spiro atoms. The second kappa shape index (κ2) is 6.85. The molecule has 0 aliphatic carbocycles. The van der Waals surface area contributed by atoms with Crippen LogP contribution in [0.4, 0.5) is 0 Å². The minimum absolute atomic E-state index is 0.00502. The highest BCUT2D eigenvalue weighted by Crippen LogP contribution is 2.23. The quantitative estimate of drug-likeness (QED) is 0.866. The van der Waals surface area contributed by atoms with E-state index in [1.54, 1.807) is 7.11 Å². The number of benzene rings is 1. The van der Waals surface area contributed by atoms with Crippen molar-refractivity contribution in [1.82, 2.24) is 0 Å². The van der Waals surface area contributed by atoms with Gasteiger partial charge in [0.25, 0.3) is 0 Å². The summed E-state index contributed by atoms with van der Waals surface area (Å²) in [6.45, 7) is 0.588. The number of aliphatic hydroxyl groups is 1. The van der Waals surface area contributed by atoms with Gasteiger partial charge in [-0.05, 0) is 5.56 Å². The molecule has 3 atom stereocenters. The van der Waals surface area contributed by atoms with Crippen molar-refractivity contribution < 1.29 is 19.3 Å². The monoisotopic (exact) mass is 252 g/mol. The van der Waals surface area contributed by atoms with Crippen LogP contribution >= 0.6 is 0 Å². The van der Waals surface area contributed by atoms with Crippen molar-refractivity contribution in [3.63, 3.8) is 0 Å². The number of ether oxygens (including phenoxy) is 3. The van der Waals surface area contributed by atoms with E-state index in [0.717, 1.165) is 5.56 Å². The molecule has 1 aromatic rings. The van der Waals surface area contributed by atoms with E-state index < -0.39 is 0 Å². The Hall–Kier alpha value is -0.940. The van der Waals surface area contributed by atoms with Gasteiger partial charge in [-0.3, -0.25) is 0 Å². The number of hydrogen-bond donors (Lipinski definition) is 1. The van der Waals surface area contributed by atoms with Crippen LogP contribution < -0.4 is 0 Å². The average Bonchev–Trinajstić information content (AvgIpc) is 2.45. The molecule has 1 N–H and O–H groups in total. The van der Waals surface area contributed by atoms with Gasteiger partial charge in [0.15, 0.2) is 6.29 Å². The van der Waals surface area contributed by atoms with Crippen molar-refractivity contribution in [3.05, 3.63) is 35.9 Å². The van der Waals surface area contributed by atoms with Gasteiger partial charge < -0.3 is 19.3 Å². The maximum atomic E-state index is 9.17. The molecule has 1 saturated heterocycles. The molecule has 1 aromatic carbocycles. The highest BCUT2D eigenvalue weighted by atomic mass is 16.7. The Morgan fingerprint density at radius 1 is 1.28 bits per heavy atom. The van der Waals surface area contributed by atoms with E-state index in [-0.39, 0.29) is 25.1 Å². The van der Waals surface area contributed by atoms with E-state index in [4.69, 9.17) is 14.2 Å². The summed E-state index contributed by atoms with van der Waals surface area (Å²) in [4.78, 5) is 0. The summed E-state index contributed by atoms with van der Waals surface area (Å²) in [5.74, 6) is 0. The first kappa shape index (κ1) is 13.5. The van der Waals surface area contributed by atoms with Gasteiger partial charge >= 0.3 is 0 Å². The normalized spacial score (nSPS) is 28.2. The molecule has 18 heavy (non-hydrogen) atoms. The fraction of sp³-hybridized carbons (Fsp3) is 0.571. The van der Waals surface area contributed by atoms with Crippen LogP contribution in [0.3, 0.4) is 0 Å². The van der Waals surface area contributed by atoms with Crippen molar-refractivity contribution in [3.8, 4) is 0 Å². The van der Waals surface area contributed by atoms with Gasteiger partial charge in [0, 0.05) is 20.0 Å². The summed E-state index contributed by atoms with van der Waals surface area (Å²) >= 11 is 0. The molecular formula is C14H20O4. The lowest BCUT2D eigenvalue weighted by Gasteiger charge is -2.33. The topological polar surface area (TPSA) is 47.9 Å². The number of methoxy groups -OCH3 is 1. The van der Waals surface area contributed by atoms with E-state index >= 15 is 0 Å². The lowest BCUT2D eigenvalue weighted by Crippen LogP contribution is -2.39. The van der Waals surface area contributed by atoms with Crippen LogP contribution in [0, 0.1) is 0 Å². The molecule has 0 amide bonds. The van der Waals surface area contributed by atoms with Crippen molar-refractivity contribution in [2.75, 3.05) is 13.7 Å². The van der Waals surface area contributed by atoms with Crippen molar-refractivity contribution in [1.29, 1.82) is 0 Å². The van der Waals surface area contributed by atoms with Gasteiger partial charge in [-0.1, -0.05) is 30.3 Å². The van der Waals surface area contributed by atoms with Crippen molar-refractivity contribution >= 4 is 0 Å². The zero-order valence-corrected chi connectivity index (χ0v) is 10.6. The SMILES string of the molecule is COC1C[C@@H](OCc2ccccc2)C[C@@H](CO)O1. The second-order valence-corrected chi connectivity index (χ2v) is 4.50. The summed E-state index contributed by atoms with van der Waals surface area (Å²) in [7, 11) is 1.61. The van der Waals surface area contributed by atoms with Gasteiger partial charge in [-0.15, -0.1) is 0 Å². The first-order valence-electron chi connectivity index (χ1n) is 6.26. The van der Waals surface area contributed by atoms with Crippen LogP contribution in [0.15, 0.2) is 30.3 Å². The molecule has 100 valence electrons. The van der Waals surface area contributed by atoms with E-state index in [2.05, 4.69) is 0 Å². The number of aliphatic hydroxyl groups excluding tert-OH is 1. The Balaban J connectivity index is 1.84. The third-order valence-corrected chi connectivity index (χ3v) is 3.12. The summed E-state index contributed by atoms with van der Waals surface area (Å²) in [6, 6.07) is 10.1. The fourth-order valence-corrected chi connectivity index (χ4v) is 2.12. The molecule has 1 aliphatic rings. The molecule has 0 bridgehead atoms. The minimum Gasteiger partial charge on any atom is -0.394 e. The Morgan fingerprint density at radius 3 is 2.72 bits per heavy atom. The largest absolute Gasteiger partial charge is 0.394 e. The minimum atomic E-state index is -0.281. The average molecular weight is 252 g/mol.